The zero-order valence-corrected chi connectivity index (χ0v) is 13.7. The Morgan fingerprint density at radius 3 is 2.72 bits per heavy atom. The fourth-order valence-electron chi connectivity index (χ4n) is 1.30. The standard InChI is InChI=1S/C12H17BrN2OS.ClH/c1-9-7-10(13)3-4-11(9)17-8-12(16)15-6-5-14-2;/h3-4,7,14H,5-6,8H2,1-2H3,(H,15,16);1H. The minimum atomic E-state index is 0. The van der Waals surface area contributed by atoms with Gasteiger partial charge in [0.25, 0.3) is 0 Å². The van der Waals surface area contributed by atoms with Crippen molar-refractivity contribution < 1.29 is 4.79 Å². The molecule has 1 aromatic carbocycles. The second-order valence-corrected chi connectivity index (χ2v) is 5.58. The van der Waals surface area contributed by atoms with Gasteiger partial charge in [-0.05, 0) is 37.7 Å². The molecule has 0 atom stereocenters. The van der Waals surface area contributed by atoms with E-state index in [0.29, 0.717) is 12.3 Å². The van der Waals surface area contributed by atoms with Crippen LogP contribution in [0.1, 0.15) is 5.56 Å². The van der Waals surface area contributed by atoms with E-state index in [4.69, 9.17) is 0 Å². The lowest BCUT2D eigenvalue weighted by atomic mass is 10.2. The molecule has 0 saturated heterocycles. The first kappa shape index (κ1) is 17.8. The number of carbonyl (C=O) groups excluding carboxylic acids is 1. The van der Waals surface area contributed by atoms with Gasteiger partial charge in [-0.3, -0.25) is 4.79 Å². The van der Waals surface area contributed by atoms with Crippen molar-refractivity contribution in [2.45, 2.75) is 11.8 Å². The predicted octanol–water partition coefficient (Wildman–Crippen LogP) is 2.61. The summed E-state index contributed by atoms with van der Waals surface area (Å²) in [5.74, 6) is 0.541. The third-order valence-corrected chi connectivity index (χ3v) is 3.86. The molecule has 0 spiro atoms. The second-order valence-electron chi connectivity index (χ2n) is 3.65. The molecule has 6 heteroatoms. The molecule has 18 heavy (non-hydrogen) atoms. The van der Waals surface area contributed by atoms with Crippen molar-refractivity contribution in [2.24, 2.45) is 0 Å². The summed E-state index contributed by atoms with van der Waals surface area (Å²) in [6.07, 6.45) is 0. The molecule has 1 rings (SSSR count). The third-order valence-electron chi connectivity index (χ3n) is 2.19. The van der Waals surface area contributed by atoms with Gasteiger partial charge in [-0.1, -0.05) is 15.9 Å². The van der Waals surface area contributed by atoms with Crippen molar-refractivity contribution in [1.82, 2.24) is 10.6 Å². The lowest BCUT2D eigenvalue weighted by molar-refractivity contribution is -0.118. The zero-order valence-electron chi connectivity index (χ0n) is 10.5. The largest absolute Gasteiger partial charge is 0.354 e. The fourth-order valence-corrected chi connectivity index (χ4v) is 2.61. The smallest absolute Gasteiger partial charge is 0.230 e. The molecule has 0 saturated carbocycles. The van der Waals surface area contributed by atoms with Crippen LogP contribution in [0.5, 0.6) is 0 Å². The van der Waals surface area contributed by atoms with Crippen LogP contribution in [-0.2, 0) is 4.79 Å². The summed E-state index contributed by atoms with van der Waals surface area (Å²) >= 11 is 4.99. The van der Waals surface area contributed by atoms with Gasteiger partial charge in [0, 0.05) is 22.5 Å². The monoisotopic (exact) mass is 352 g/mol. The summed E-state index contributed by atoms with van der Waals surface area (Å²) in [7, 11) is 1.87. The van der Waals surface area contributed by atoms with Crippen LogP contribution in [0.4, 0.5) is 0 Å². The first-order valence-electron chi connectivity index (χ1n) is 5.43. The number of halogens is 2. The van der Waals surface area contributed by atoms with E-state index in [0.717, 1.165) is 15.9 Å². The minimum absolute atomic E-state index is 0. The lowest BCUT2D eigenvalue weighted by Crippen LogP contribution is -2.31. The van der Waals surface area contributed by atoms with Gasteiger partial charge in [0.2, 0.25) is 5.91 Å². The van der Waals surface area contributed by atoms with E-state index in [9.17, 15) is 4.79 Å². The van der Waals surface area contributed by atoms with Crippen LogP contribution in [0.15, 0.2) is 27.6 Å². The second kappa shape index (κ2) is 9.67. The Bertz CT molecular complexity index is 390. The van der Waals surface area contributed by atoms with Crippen LogP contribution in [0.3, 0.4) is 0 Å². The quantitative estimate of drug-likeness (QED) is 0.610. The Labute approximate surface area is 127 Å². The highest BCUT2D eigenvalue weighted by Gasteiger charge is 2.04. The van der Waals surface area contributed by atoms with Crippen LogP contribution in [0.25, 0.3) is 0 Å². The number of hydrogen-bond acceptors (Lipinski definition) is 3. The number of hydrogen-bond donors (Lipinski definition) is 2. The molecule has 1 aromatic rings. The number of likely N-dealkylation sites (N-methyl/N-ethyl adjacent to an activating group) is 1. The van der Waals surface area contributed by atoms with Gasteiger partial charge in [0.15, 0.2) is 0 Å². The fraction of sp³-hybridized carbons (Fsp3) is 0.417. The van der Waals surface area contributed by atoms with Crippen LogP contribution in [-0.4, -0.2) is 31.8 Å². The SMILES string of the molecule is CNCCNC(=O)CSc1ccc(Br)cc1C.Cl. The Hall–Kier alpha value is -0.230. The maximum Gasteiger partial charge on any atom is 0.230 e. The van der Waals surface area contributed by atoms with Crippen molar-refractivity contribution >= 4 is 46.0 Å². The number of amides is 1. The molecular weight excluding hydrogens is 336 g/mol. The molecule has 3 nitrogen and oxygen atoms in total. The molecule has 0 aliphatic carbocycles. The van der Waals surface area contributed by atoms with Crippen LogP contribution in [0, 0.1) is 6.92 Å². The molecule has 0 fully saturated rings. The summed E-state index contributed by atoms with van der Waals surface area (Å²) in [4.78, 5) is 12.7. The molecule has 0 aromatic heterocycles. The molecule has 0 unspecified atom stereocenters. The topological polar surface area (TPSA) is 41.1 Å². The molecule has 1 amide bonds. The van der Waals surface area contributed by atoms with E-state index in [1.54, 1.807) is 11.8 Å². The van der Waals surface area contributed by atoms with E-state index in [2.05, 4.69) is 32.6 Å². The molecule has 102 valence electrons. The Kier molecular flexibility index (Phi) is 9.54. The lowest BCUT2D eigenvalue weighted by Gasteiger charge is -2.07. The predicted molar refractivity (Wildman–Crippen MR) is 83.8 cm³/mol. The van der Waals surface area contributed by atoms with Gasteiger partial charge in [-0.2, -0.15) is 0 Å². The van der Waals surface area contributed by atoms with E-state index < -0.39 is 0 Å². The minimum Gasteiger partial charge on any atom is -0.354 e. The van der Waals surface area contributed by atoms with Crippen LogP contribution < -0.4 is 10.6 Å². The molecule has 0 radical (unpaired) electrons. The zero-order chi connectivity index (χ0) is 12.7. The van der Waals surface area contributed by atoms with Gasteiger partial charge in [-0.15, -0.1) is 24.2 Å². The van der Waals surface area contributed by atoms with Crippen LogP contribution in [0.2, 0.25) is 0 Å². The normalized spacial score (nSPS) is 9.72. The molecule has 2 N–H and O–H groups in total. The Morgan fingerprint density at radius 1 is 1.39 bits per heavy atom. The van der Waals surface area contributed by atoms with E-state index in [1.165, 1.54) is 5.56 Å². The van der Waals surface area contributed by atoms with Gasteiger partial charge in [-0.25, -0.2) is 0 Å². The van der Waals surface area contributed by atoms with Crippen molar-refractivity contribution in [3.05, 3.63) is 28.2 Å². The van der Waals surface area contributed by atoms with Crippen molar-refractivity contribution in [3.63, 3.8) is 0 Å². The summed E-state index contributed by atoms with van der Waals surface area (Å²) in [5.41, 5.74) is 1.19. The molecular formula is C12H18BrClN2OS. The highest BCUT2D eigenvalue weighted by atomic mass is 79.9. The Balaban J connectivity index is 0.00000289. The van der Waals surface area contributed by atoms with Crippen molar-refractivity contribution in [3.8, 4) is 0 Å². The number of aryl methyl sites for hydroxylation is 1. The molecule has 0 aliphatic rings. The maximum atomic E-state index is 11.5. The summed E-state index contributed by atoms with van der Waals surface area (Å²) in [6, 6.07) is 6.08. The van der Waals surface area contributed by atoms with E-state index in [1.807, 2.05) is 26.1 Å². The first-order valence-corrected chi connectivity index (χ1v) is 7.21. The maximum absolute atomic E-state index is 11.5. The molecule has 0 aliphatic heterocycles. The highest BCUT2D eigenvalue weighted by Crippen LogP contribution is 2.24. The summed E-state index contributed by atoms with van der Waals surface area (Å²) < 4.78 is 1.07. The van der Waals surface area contributed by atoms with Crippen LogP contribution >= 0.6 is 40.1 Å². The summed E-state index contributed by atoms with van der Waals surface area (Å²) in [6.45, 7) is 3.52. The number of rotatable bonds is 6. The van der Waals surface area contributed by atoms with Gasteiger partial charge >= 0.3 is 0 Å². The highest BCUT2D eigenvalue weighted by molar-refractivity contribution is 9.10. The van der Waals surface area contributed by atoms with Gasteiger partial charge in [0.1, 0.15) is 0 Å². The first-order chi connectivity index (χ1) is 8.13. The van der Waals surface area contributed by atoms with Crippen molar-refractivity contribution in [1.29, 1.82) is 0 Å². The van der Waals surface area contributed by atoms with Crippen molar-refractivity contribution in [2.75, 3.05) is 25.9 Å². The molecule has 0 bridgehead atoms. The van der Waals surface area contributed by atoms with E-state index >= 15 is 0 Å². The van der Waals surface area contributed by atoms with Gasteiger partial charge < -0.3 is 10.6 Å². The number of nitrogens with one attached hydrogen (secondary N) is 2. The average molecular weight is 354 g/mol. The molecule has 0 heterocycles. The van der Waals surface area contributed by atoms with Gasteiger partial charge in [0.05, 0.1) is 5.75 Å². The van der Waals surface area contributed by atoms with E-state index in [-0.39, 0.29) is 18.3 Å². The summed E-state index contributed by atoms with van der Waals surface area (Å²) in [5, 5.41) is 5.84. The Morgan fingerprint density at radius 2 is 2.11 bits per heavy atom. The number of thioether (sulfide) groups is 1. The average Bonchev–Trinajstić information content (AvgIpc) is 2.28. The number of benzene rings is 1. The third kappa shape index (κ3) is 6.64. The number of carbonyl (C=O) groups is 1.